The maximum atomic E-state index is 12.9. The van der Waals surface area contributed by atoms with Crippen molar-refractivity contribution in [1.82, 2.24) is 10.3 Å². The van der Waals surface area contributed by atoms with Crippen LogP contribution in [0.1, 0.15) is 27.2 Å². The summed E-state index contributed by atoms with van der Waals surface area (Å²) in [5.41, 5.74) is 1.09. The number of nitrogens with one attached hydrogen (secondary N) is 1. The third kappa shape index (κ3) is 6.43. The van der Waals surface area contributed by atoms with Gasteiger partial charge in [-0.1, -0.05) is 47.5 Å². The number of halogens is 5. The monoisotopic (exact) mass is 575 g/mol. The van der Waals surface area contributed by atoms with E-state index in [0.29, 0.717) is 27.7 Å². The lowest BCUT2D eigenvalue weighted by atomic mass is 10.1. The zero-order valence-electron chi connectivity index (χ0n) is 20.8. The quantitative estimate of drug-likeness (QED) is 0.262. The van der Waals surface area contributed by atoms with Gasteiger partial charge >= 0.3 is 6.18 Å². The van der Waals surface area contributed by atoms with Gasteiger partial charge < -0.3 is 15.0 Å². The average Bonchev–Trinajstić information content (AvgIpc) is 2.90. The highest BCUT2D eigenvalue weighted by Crippen LogP contribution is 2.35. The molecule has 0 atom stereocenters. The molecule has 0 saturated heterocycles. The van der Waals surface area contributed by atoms with Crippen molar-refractivity contribution in [3.8, 4) is 5.75 Å². The lowest BCUT2D eigenvalue weighted by molar-refractivity contribution is -0.137. The fraction of sp³-hybridized carbons (Fsp3) is 0.179. The number of likely N-dealkylation sites (N-methyl/N-ethyl adjacent to an activating group) is 1. The van der Waals surface area contributed by atoms with Crippen molar-refractivity contribution in [3.05, 3.63) is 99.2 Å². The van der Waals surface area contributed by atoms with E-state index in [-0.39, 0.29) is 17.2 Å². The van der Waals surface area contributed by atoms with Gasteiger partial charge in [0.2, 0.25) is 5.91 Å². The number of hydrogen-bond donors (Lipinski definition) is 1. The van der Waals surface area contributed by atoms with E-state index in [1.807, 2.05) is 37.3 Å². The van der Waals surface area contributed by atoms with E-state index >= 15 is 0 Å². The SMILES string of the molecule is Cc1nc2ccccc2cc1OCc1c(Cl)ccc(N(C)C(=O)CNC(=O)c2cccc(C(F)(F)F)c2)c1Cl. The molecule has 1 heterocycles. The molecule has 202 valence electrons. The fourth-order valence-electron chi connectivity index (χ4n) is 3.81. The summed E-state index contributed by atoms with van der Waals surface area (Å²) in [4.78, 5) is 30.9. The van der Waals surface area contributed by atoms with E-state index < -0.39 is 30.1 Å². The van der Waals surface area contributed by atoms with Crippen LogP contribution in [-0.4, -0.2) is 30.4 Å². The standard InChI is InChI=1S/C28H22Cl2F3N3O3/c1-16-24(13-17-6-3-4-9-22(17)35-16)39-15-20-21(29)10-11-23(26(20)30)36(2)25(37)14-34-27(38)18-7-5-8-19(12-18)28(31,32)33/h3-13H,14-15H2,1-2H3,(H,34,38). The first-order chi connectivity index (χ1) is 18.5. The highest BCUT2D eigenvalue weighted by Gasteiger charge is 2.31. The van der Waals surface area contributed by atoms with Crippen molar-refractivity contribution < 1.29 is 27.5 Å². The number of nitrogens with zero attached hydrogens (tertiary/aromatic N) is 2. The number of carbonyl (C=O) groups excluding carboxylic acids is 2. The Balaban J connectivity index is 1.45. The number of carbonyl (C=O) groups is 2. The van der Waals surface area contributed by atoms with Crippen molar-refractivity contribution in [3.63, 3.8) is 0 Å². The number of alkyl halides is 3. The van der Waals surface area contributed by atoms with Crippen molar-refractivity contribution in [2.75, 3.05) is 18.5 Å². The summed E-state index contributed by atoms with van der Waals surface area (Å²) in [5.74, 6) is -0.826. The summed E-state index contributed by atoms with van der Waals surface area (Å²) in [6.07, 6.45) is -4.59. The fourth-order valence-corrected chi connectivity index (χ4v) is 4.42. The van der Waals surface area contributed by atoms with Crippen LogP contribution in [0.2, 0.25) is 10.0 Å². The molecule has 4 rings (SSSR count). The van der Waals surface area contributed by atoms with Gasteiger partial charge in [-0.05, 0) is 49.4 Å². The van der Waals surface area contributed by atoms with Gasteiger partial charge in [-0.25, -0.2) is 4.98 Å². The van der Waals surface area contributed by atoms with Gasteiger partial charge in [0.25, 0.3) is 5.91 Å². The number of fused-ring (bicyclic) bond motifs is 1. The molecule has 0 aliphatic heterocycles. The number of rotatable bonds is 7. The molecule has 0 radical (unpaired) electrons. The minimum absolute atomic E-state index is 0.000674. The summed E-state index contributed by atoms with van der Waals surface area (Å²) in [5, 5.41) is 3.75. The van der Waals surface area contributed by atoms with Crippen LogP contribution in [0.15, 0.2) is 66.7 Å². The van der Waals surface area contributed by atoms with E-state index in [9.17, 15) is 22.8 Å². The van der Waals surface area contributed by atoms with E-state index in [2.05, 4.69) is 10.3 Å². The van der Waals surface area contributed by atoms with Crippen LogP contribution in [0.5, 0.6) is 5.75 Å². The zero-order chi connectivity index (χ0) is 28.3. The van der Waals surface area contributed by atoms with Crippen LogP contribution in [0.3, 0.4) is 0 Å². The van der Waals surface area contributed by atoms with Crippen molar-refractivity contribution in [2.24, 2.45) is 0 Å². The molecule has 1 N–H and O–H groups in total. The minimum Gasteiger partial charge on any atom is -0.487 e. The molecule has 0 aliphatic carbocycles. The first-order valence-corrected chi connectivity index (χ1v) is 12.4. The Kier molecular flexibility index (Phi) is 8.32. The predicted octanol–water partition coefficient (Wildman–Crippen LogP) is 6.84. The van der Waals surface area contributed by atoms with Crippen molar-refractivity contribution >= 4 is 51.6 Å². The smallest absolute Gasteiger partial charge is 0.416 e. The second-order valence-corrected chi connectivity index (χ2v) is 9.41. The summed E-state index contributed by atoms with van der Waals surface area (Å²) in [7, 11) is 1.45. The molecule has 0 bridgehead atoms. The van der Waals surface area contributed by atoms with E-state index in [1.54, 1.807) is 12.1 Å². The molecular formula is C28H22Cl2F3N3O3. The summed E-state index contributed by atoms with van der Waals surface area (Å²) < 4.78 is 44.8. The number of anilines is 1. The molecule has 6 nitrogen and oxygen atoms in total. The van der Waals surface area contributed by atoms with Crippen molar-refractivity contribution in [2.45, 2.75) is 19.7 Å². The summed E-state index contributed by atoms with van der Waals surface area (Å²) in [6, 6.07) is 16.5. The lowest BCUT2D eigenvalue weighted by Crippen LogP contribution is -2.38. The molecule has 0 saturated carbocycles. The van der Waals surface area contributed by atoms with Gasteiger partial charge in [0.15, 0.2) is 0 Å². The van der Waals surface area contributed by atoms with Crippen molar-refractivity contribution in [1.29, 1.82) is 0 Å². The number of ether oxygens (including phenoxy) is 1. The molecular weight excluding hydrogens is 554 g/mol. The third-order valence-electron chi connectivity index (χ3n) is 5.99. The minimum atomic E-state index is -4.59. The van der Waals surface area contributed by atoms with Gasteiger partial charge in [0.1, 0.15) is 12.4 Å². The first-order valence-electron chi connectivity index (χ1n) is 11.6. The Morgan fingerprint density at radius 3 is 2.51 bits per heavy atom. The van der Waals surface area contributed by atoms with Crippen LogP contribution in [-0.2, 0) is 17.6 Å². The number of para-hydroxylation sites is 1. The second-order valence-electron chi connectivity index (χ2n) is 8.63. The molecule has 11 heteroatoms. The van der Waals surface area contributed by atoms with Crippen LogP contribution in [0.4, 0.5) is 18.9 Å². The highest BCUT2D eigenvalue weighted by atomic mass is 35.5. The Morgan fingerprint density at radius 1 is 1.03 bits per heavy atom. The molecule has 0 unspecified atom stereocenters. The second kappa shape index (κ2) is 11.5. The van der Waals surface area contributed by atoms with Crippen LogP contribution in [0, 0.1) is 6.92 Å². The zero-order valence-corrected chi connectivity index (χ0v) is 22.3. The van der Waals surface area contributed by atoms with Gasteiger partial charge in [-0.3, -0.25) is 9.59 Å². The van der Waals surface area contributed by atoms with Gasteiger partial charge in [0, 0.05) is 28.6 Å². The van der Waals surface area contributed by atoms with Gasteiger partial charge in [0.05, 0.1) is 34.0 Å². The van der Waals surface area contributed by atoms with E-state index in [0.717, 1.165) is 29.1 Å². The number of aromatic nitrogens is 1. The molecule has 0 fully saturated rings. The highest BCUT2D eigenvalue weighted by molar-refractivity contribution is 6.38. The normalized spacial score (nSPS) is 11.4. The molecule has 0 aliphatic rings. The largest absolute Gasteiger partial charge is 0.487 e. The molecule has 4 aromatic rings. The van der Waals surface area contributed by atoms with Gasteiger partial charge in [-0.15, -0.1) is 0 Å². The van der Waals surface area contributed by atoms with Crippen LogP contribution < -0.4 is 15.0 Å². The number of hydrogen-bond acceptors (Lipinski definition) is 4. The maximum absolute atomic E-state index is 12.9. The first kappa shape index (κ1) is 28.2. The maximum Gasteiger partial charge on any atom is 0.416 e. The van der Waals surface area contributed by atoms with Crippen LogP contribution in [0.25, 0.3) is 10.9 Å². The Labute approximate surface area is 232 Å². The number of benzene rings is 3. The molecule has 2 amide bonds. The molecule has 39 heavy (non-hydrogen) atoms. The lowest BCUT2D eigenvalue weighted by Gasteiger charge is -2.21. The summed E-state index contributed by atoms with van der Waals surface area (Å²) >= 11 is 13.0. The summed E-state index contributed by atoms with van der Waals surface area (Å²) in [6.45, 7) is 1.35. The Bertz CT molecular complexity index is 1560. The Morgan fingerprint density at radius 2 is 1.77 bits per heavy atom. The topological polar surface area (TPSA) is 71.5 Å². The molecule has 1 aromatic heterocycles. The van der Waals surface area contributed by atoms with Crippen LogP contribution >= 0.6 is 23.2 Å². The third-order valence-corrected chi connectivity index (χ3v) is 6.77. The Hall–Kier alpha value is -3.82. The number of pyridine rings is 1. The number of aryl methyl sites for hydroxylation is 1. The number of amides is 2. The average molecular weight is 576 g/mol. The molecule has 0 spiro atoms. The van der Waals surface area contributed by atoms with E-state index in [1.165, 1.54) is 18.0 Å². The van der Waals surface area contributed by atoms with E-state index in [4.69, 9.17) is 27.9 Å². The molecule has 3 aromatic carbocycles. The van der Waals surface area contributed by atoms with Gasteiger partial charge in [-0.2, -0.15) is 13.2 Å². The predicted molar refractivity (Wildman–Crippen MR) is 144 cm³/mol.